The molecular weight excluding hydrogens is 396 g/mol. The van der Waals surface area contributed by atoms with Crippen molar-refractivity contribution in [1.82, 2.24) is 5.32 Å². The van der Waals surface area contributed by atoms with Gasteiger partial charge in [-0.15, -0.1) is 0 Å². The van der Waals surface area contributed by atoms with Crippen molar-refractivity contribution in [3.05, 3.63) is 22.7 Å². The molecule has 0 saturated heterocycles. The number of hydrogen-bond acceptors (Lipinski definition) is 6. The van der Waals surface area contributed by atoms with E-state index in [1.807, 2.05) is 13.8 Å². The summed E-state index contributed by atoms with van der Waals surface area (Å²) in [7, 11) is 1.45. The van der Waals surface area contributed by atoms with Gasteiger partial charge in [0.25, 0.3) is 5.91 Å². The van der Waals surface area contributed by atoms with Gasteiger partial charge in [0, 0.05) is 0 Å². The highest BCUT2D eigenvalue weighted by molar-refractivity contribution is 6.32. The molecular formula is C21H27ClN2O5. The van der Waals surface area contributed by atoms with E-state index in [1.165, 1.54) is 19.2 Å². The van der Waals surface area contributed by atoms with Gasteiger partial charge in [0.2, 0.25) is 0 Å². The molecule has 0 bridgehead atoms. The van der Waals surface area contributed by atoms with Crippen LogP contribution in [0.15, 0.2) is 12.1 Å². The number of methoxy groups -OCH3 is 1. The van der Waals surface area contributed by atoms with Gasteiger partial charge in [-0.2, -0.15) is 5.26 Å². The molecule has 0 heterocycles. The first-order valence-electron chi connectivity index (χ1n) is 9.70. The molecule has 0 spiro atoms. The monoisotopic (exact) mass is 422 g/mol. The van der Waals surface area contributed by atoms with Crippen LogP contribution in [0.4, 0.5) is 0 Å². The zero-order chi connectivity index (χ0) is 21.4. The lowest BCUT2D eigenvalue weighted by Gasteiger charge is -2.31. The number of rotatable bonds is 8. The molecule has 1 saturated carbocycles. The third-order valence-electron chi connectivity index (χ3n) is 4.66. The molecule has 158 valence electrons. The first kappa shape index (κ1) is 22.8. The predicted octanol–water partition coefficient (Wildman–Crippen LogP) is 3.88. The van der Waals surface area contributed by atoms with E-state index in [0.717, 1.165) is 19.3 Å². The largest absolute Gasteiger partial charge is 0.493 e. The van der Waals surface area contributed by atoms with E-state index in [-0.39, 0.29) is 10.6 Å². The molecule has 1 aliphatic carbocycles. The van der Waals surface area contributed by atoms with Gasteiger partial charge in [-0.05, 0) is 30.9 Å². The summed E-state index contributed by atoms with van der Waals surface area (Å²) >= 11 is 6.24. The van der Waals surface area contributed by atoms with Crippen LogP contribution >= 0.6 is 11.6 Å². The average molecular weight is 423 g/mol. The number of carbonyl (C=O) groups is 2. The molecule has 1 fully saturated rings. The van der Waals surface area contributed by atoms with Gasteiger partial charge in [0.1, 0.15) is 5.54 Å². The number of nitrogens with one attached hydrogen (secondary N) is 1. The van der Waals surface area contributed by atoms with Crippen LogP contribution in [0.2, 0.25) is 5.02 Å². The van der Waals surface area contributed by atoms with Gasteiger partial charge >= 0.3 is 5.97 Å². The third kappa shape index (κ3) is 6.26. The summed E-state index contributed by atoms with van der Waals surface area (Å²) < 4.78 is 16.0. The van der Waals surface area contributed by atoms with Gasteiger partial charge in [0.15, 0.2) is 18.1 Å². The lowest BCUT2D eigenvalue weighted by Crippen LogP contribution is -2.50. The normalized spacial score (nSPS) is 15.3. The smallest absolute Gasteiger partial charge is 0.338 e. The van der Waals surface area contributed by atoms with E-state index in [9.17, 15) is 14.9 Å². The Hall–Kier alpha value is -2.46. The number of amides is 1. The average Bonchev–Trinajstić information content (AvgIpc) is 2.71. The summed E-state index contributed by atoms with van der Waals surface area (Å²) in [5.41, 5.74) is -0.729. The molecule has 0 unspecified atom stereocenters. The minimum atomic E-state index is -0.871. The van der Waals surface area contributed by atoms with Gasteiger partial charge < -0.3 is 19.5 Å². The van der Waals surface area contributed by atoms with Crippen LogP contribution in [0.3, 0.4) is 0 Å². The molecule has 7 nitrogen and oxygen atoms in total. The highest BCUT2D eigenvalue weighted by atomic mass is 35.5. The summed E-state index contributed by atoms with van der Waals surface area (Å²) in [4.78, 5) is 24.6. The zero-order valence-electron chi connectivity index (χ0n) is 17.0. The fraction of sp³-hybridized carbons (Fsp3) is 0.571. The lowest BCUT2D eigenvalue weighted by atomic mass is 9.83. The molecule has 29 heavy (non-hydrogen) atoms. The van der Waals surface area contributed by atoms with Crippen LogP contribution in [0.5, 0.6) is 11.5 Å². The number of esters is 1. The molecule has 2 rings (SSSR count). The number of carbonyl (C=O) groups excluding carboxylic acids is 2. The van der Waals surface area contributed by atoms with Crippen molar-refractivity contribution in [2.75, 3.05) is 20.3 Å². The van der Waals surface area contributed by atoms with Crippen molar-refractivity contribution in [3.63, 3.8) is 0 Å². The molecule has 0 aromatic heterocycles. The Morgan fingerprint density at radius 2 is 1.97 bits per heavy atom. The minimum Gasteiger partial charge on any atom is -0.493 e. The van der Waals surface area contributed by atoms with Crippen LogP contribution < -0.4 is 14.8 Å². The number of benzene rings is 1. The van der Waals surface area contributed by atoms with Crippen molar-refractivity contribution in [2.45, 2.75) is 51.5 Å². The zero-order valence-corrected chi connectivity index (χ0v) is 17.8. The Kier molecular flexibility index (Phi) is 8.15. The van der Waals surface area contributed by atoms with Crippen LogP contribution in [0, 0.1) is 17.2 Å². The maximum Gasteiger partial charge on any atom is 0.338 e. The van der Waals surface area contributed by atoms with Gasteiger partial charge in [-0.1, -0.05) is 44.7 Å². The van der Waals surface area contributed by atoms with E-state index in [0.29, 0.717) is 36.9 Å². The van der Waals surface area contributed by atoms with Gasteiger partial charge in [-0.25, -0.2) is 4.79 Å². The van der Waals surface area contributed by atoms with Gasteiger partial charge in [0.05, 0.1) is 30.4 Å². The first-order chi connectivity index (χ1) is 13.8. The number of nitrogens with zero attached hydrogens (tertiary/aromatic N) is 1. The second kappa shape index (κ2) is 10.4. The van der Waals surface area contributed by atoms with E-state index in [2.05, 4.69) is 11.4 Å². The Morgan fingerprint density at radius 1 is 1.28 bits per heavy atom. The second-order valence-electron chi connectivity index (χ2n) is 7.57. The standard InChI is InChI=1S/C21H27ClN2O5/c1-14(2)11-28-19-16(22)9-15(10-17(19)27-3)20(26)29-12-18(25)24-21(13-23)7-5-4-6-8-21/h9-10,14H,4-8,11-12H2,1-3H3,(H,24,25). The molecule has 1 N–H and O–H groups in total. The summed E-state index contributed by atoms with van der Waals surface area (Å²) in [5.74, 6) is -0.271. The molecule has 1 aliphatic rings. The Balaban J connectivity index is 2.00. The summed E-state index contributed by atoms with van der Waals surface area (Å²) in [6.45, 7) is 3.97. The molecule has 0 atom stereocenters. The van der Waals surface area contributed by atoms with Gasteiger partial charge in [-0.3, -0.25) is 4.79 Å². The number of hydrogen-bond donors (Lipinski definition) is 1. The number of halogens is 1. The Bertz CT molecular complexity index is 782. The summed E-state index contributed by atoms with van der Waals surface area (Å²) in [6, 6.07) is 5.07. The van der Waals surface area contributed by atoms with E-state index >= 15 is 0 Å². The molecule has 1 aromatic carbocycles. The molecule has 8 heteroatoms. The fourth-order valence-corrected chi connectivity index (χ4v) is 3.43. The van der Waals surface area contributed by atoms with Crippen molar-refractivity contribution >= 4 is 23.5 Å². The maximum atomic E-state index is 12.4. The van der Waals surface area contributed by atoms with Crippen molar-refractivity contribution in [1.29, 1.82) is 5.26 Å². The van der Waals surface area contributed by atoms with Crippen LogP contribution in [-0.4, -0.2) is 37.7 Å². The minimum absolute atomic E-state index is 0.143. The predicted molar refractivity (Wildman–Crippen MR) is 108 cm³/mol. The van der Waals surface area contributed by atoms with E-state index in [1.54, 1.807) is 0 Å². The molecule has 1 aromatic rings. The second-order valence-corrected chi connectivity index (χ2v) is 7.98. The Labute approximate surface area is 176 Å². The molecule has 0 radical (unpaired) electrons. The van der Waals surface area contributed by atoms with Crippen molar-refractivity contribution < 1.29 is 23.8 Å². The fourth-order valence-electron chi connectivity index (χ4n) is 3.17. The first-order valence-corrected chi connectivity index (χ1v) is 10.1. The highest BCUT2D eigenvalue weighted by Gasteiger charge is 2.33. The summed E-state index contributed by atoms with van der Waals surface area (Å²) in [6.07, 6.45) is 4.03. The maximum absolute atomic E-state index is 12.4. The molecule has 0 aliphatic heterocycles. The Morgan fingerprint density at radius 3 is 2.55 bits per heavy atom. The molecule has 1 amide bonds. The van der Waals surface area contributed by atoms with Crippen LogP contribution in [0.1, 0.15) is 56.3 Å². The lowest BCUT2D eigenvalue weighted by molar-refractivity contribution is -0.125. The SMILES string of the molecule is COc1cc(C(=O)OCC(=O)NC2(C#N)CCCCC2)cc(Cl)c1OCC(C)C. The van der Waals surface area contributed by atoms with Crippen LogP contribution in [-0.2, 0) is 9.53 Å². The van der Waals surface area contributed by atoms with Crippen molar-refractivity contribution in [2.24, 2.45) is 5.92 Å². The number of nitriles is 1. The topological polar surface area (TPSA) is 97.6 Å². The highest BCUT2D eigenvalue weighted by Crippen LogP contribution is 2.37. The quantitative estimate of drug-likeness (QED) is 0.638. The third-order valence-corrected chi connectivity index (χ3v) is 4.94. The van der Waals surface area contributed by atoms with Crippen molar-refractivity contribution in [3.8, 4) is 17.6 Å². The summed E-state index contributed by atoms with van der Waals surface area (Å²) in [5, 5.41) is 12.4. The van der Waals surface area contributed by atoms with E-state index < -0.39 is 24.0 Å². The van der Waals surface area contributed by atoms with E-state index in [4.69, 9.17) is 25.8 Å². The van der Waals surface area contributed by atoms with Crippen LogP contribution in [0.25, 0.3) is 0 Å². The number of ether oxygens (including phenoxy) is 3.